The van der Waals surface area contributed by atoms with Gasteiger partial charge in [-0.15, -0.1) is 0 Å². The summed E-state index contributed by atoms with van der Waals surface area (Å²) >= 11 is 0. The van der Waals surface area contributed by atoms with Crippen molar-refractivity contribution in [1.29, 1.82) is 0 Å². The van der Waals surface area contributed by atoms with Crippen LogP contribution in [0.5, 0.6) is 5.88 Å². The van der Waals surface area contributed by atoms with Crippen molar-refractivity contribution in [3.05, 3.63) is 18.1 Å². The fourth-order valence-electron chi connectivity index (χ4n) is 1.20. The maximum Gasteiger partial charge on any atom is 0.239 e. The smallest absolute Gasteiger partial charge is 0.239 e. The number of hydrogen-bond donors (Lipinski definition) is 2. The summed E-state index contributed by atoms with van der Waals surface area (Å²) < 4.78 is 0. The number of nitrogens with one attached hydrogen (secondary N) is 1. The topological polar surface area (TPSA) is 61.8 Å². The van der Waals surface area contributed by atoms with Gasteiger partial charge in [-0.05, 0) is 6.07 Å². The number of aromatic nitrogens is 3. The van der Waals surface area contributed by atoms with Crippen LogP contribution in [0.4, 0.5) is 0 Å². The molecule has 0 aliphatic heterocycles. The number of hydrogen-bond acceptors (Lipinski definition) is 3. The third-order valence-electron chi connectivity index (χ3n) is 1.92. The van der Waals surface area contributed by atoms with Gasteiger partial charge in [0.1, 0.15) is 11.3 Å². The van der Waals surface area contributed by atoms with Crippen LogP contribution in [0.2, 0.25) is 0 Å². The second kappa shape index (κ2) is 2.73. The average molecular weight is 177 g/mol. The van der Waals surface area contributed by atoms with E-state index in [2.05, 4.69) is 15.0 Å². The monoisotopic (exact) mass is 177 g/mol. The van der Waals surface area contributed by atoms with Gasteiger partial charge in [0.15, 0.2) is 0 Å². The minimum absolute atomic E-state index is 0.0266. The first-order valence-electron chi connectivity index (χ1n) is 4.22. The number of nitrogens with zero attached hydrogens (tertiary/aromatic N) is 2. The molecule has 2 N–H and O–H groups in total. The maximum absolute atomic E-state index is 9.51. The molecule has 68 valence electrons. The zero-order chi connectivity index (χ0) is 9.42. The van der Waals surface area contributed by atoms with Gasteiger partial charge in [-0.25, -0.2) is 4.98 Å². The van der Waals surface area contributed by atoms with Crippen LogP contribution in [0.25, 0.3) is 11.0 Å². The van der Waals surface area contributed by atoms with Gasteiger partial charge in [-0.3, -0.25) is 0 Å². The van der Waals surface area contributed by atoms with Crippen molar-refractivity contribution in [3.8, 4) is 5.88 Å². The van der Waals surface area contributed by atoms with Crippen molar-refractivity contribution >= 4 is 11.0 Å². The Bertz CT molecular complexity index is 433. The van der Waals surface area contributed by atoms with Crippen molar-refractivity contribution in [2.75, 3.05) is 0 Å². The normalized spacial score (nSPS) is 11.3. The largest absolute Gasteiger partial charge is 0.492 e. The van der Waals surface area contributed by atoms with Gasteiger partial charge in [0, 0.05) is 12.1 Å². The van der Waals surface area contributed by atoms with Crippen LogP contribution in [0.15, 0.2) is 12.3 Å². The van der Waals surface area contributed by atoms with Crippen molar-refractivity contribution in [1.82, 2.24) is 15.0 Å². The molecule has 4 heteroatoms. The Balaban J connectivity index is 2.70. The lowest BCUT2D eigenvalue weighted by Crippen LogP contribution is -1.96. The molecule has 0 atom stereocenters. The molecule has 0 unspecified atom stereocenters. The van der Waals surface area contributed by atoms with E-state index < -0.39 is 0 Å². The molecule has 0 saturated heterocycles. The summed E-state index contributed by atoms with van der Waals surface area (Å²) in [5.74, 6) is 0.925. The molecule has 0 radical (unpaired) electrons. The molecule has 2 aromatic heterocycles. The summed E-state index contributed by atoms with van der Waals surface area (Å²) in [7, 11) is 0. The molecule has 0 aromatic carbocycles. The SMILES string of the molecule is CC(C)c1nc(O)c2[nH]ccc2n1. The van der Waals surface area contributed by atoms with E-state index in [4.69, 9.17) is 0 Å². The van der Waals surface area contributed by atoms with Crippen molar-refractivity contribution in [3.63, 3.8) is 0 Å². The van der Waals surface area contributed by atoms with Gasteiger partial charge in [0.25, 0.3) is 0 Å². The van der Waals surface area contributed by atoms with Crippen LogP contribution >= 0.6 is 0 Å². The summed E-state index contributed by atoms with van der Waals surface area (Å²) in [6, 6.07) is 1.82. The Morgan fingerprint density at radius 3 is 2.85 bits per heavy atom. The molecule has 0 aliphatic rings. The molecule has 4 nitrogen and oxygen atoms in total. The molecule has 0 bridgehead atoms. The maximum atomic E-state index is 9.51. The minimum atomic E-state index is 0.0266. The highest BCUT2D eigenvalue weighted by Gasteiger charge is 2.09. The molecule has 0 saturated carbocycles. The Hall–Kier alpha value is -1.58. The van der Waals surface area contributed by atoms with E-state index in [-0.39, 0.29) is 11.8 Å². The summed E-state index contributed by atoms with van der Waals surface area (Å²) in [6.45, 7) is 3.99. The first-order valence-corrected chi connectivity index (χ1v) is 4.22. The Morgan fingerprint density at radius 2 is 2.15 bits per heavy atom. The van der Waals surface area contributed by atoms with Gasteiger partial charge >= 0.3 is 0 Å². The first kappa shape index (κ1) is 8.04. The molecule has 0 aliphatic carbocycles. The molecule has 2 aromatic rings. The van der Waals surface area contributed by atoms with E-state index in [9.17, 15) is 5.11 Å². The zero-order valence-corrected chi connectivity index (χ0v) is 7.57. The Kier molecular flexibility index (Phi) is 1.69. The van der Waals surface area contributed by atoms with Crippen LogP contribution in [0, 0.1) is 0 Å². The van der Waals surface area contributed by atoms with Crippen LogP contribution in [-0.2, 0) is 0 Å². The highest BCUT2D eigenvalue weighted by molar-refractivity contribution is 5.79. The summed E-state index contributed by atoms with van der Waals surface area (Å²) in [6.07, 6.45) is 1.74. The summed E-state index contributed by atoms with van der Waals surface area (Å²) in [5.41, 5.74) is 1.36. The number of aromatic hydroxyl groups is 1. The third-order valence-corrected chi connectivity index (χ3v) is 1.92. The highest BCUT2D eigenvalue weighted by atomic mass is 16.3. The van der Waals surface area contributed by atoms with Crippen LogP contribution < -0.4 is 0 Å². The molecule has 2 rings (SSSR count). The fraction of sp³-hybridized carbons (Fsp3) is 0.333. The molecule has 0 amide bonds. The molecular weight excluding hydrogens is 166 g/mol. The lowest BCUT2D eigenvalue weighted by molar-refractivity contribution is 0.453. The average Bonchev–Trinajstić information content (AvgIpc) is 2.51. The standard InChI is InChI=1S/C9H11N3O/c1-5(2)8-11-6-3-4-10-7(6)9(13)12-8/h3-5,10H,1-2H3,(H,11,12,13). The third kappa shape index (κ3) is 1.24. The van der Waals surface area contributed by atoms with E-state index in [1.807, 2.05) is 19.9 Å². The van der Waals surface area contributed by atoms with Crippen molar-refractivity contribution in [2.24, 2.45) is 0 Å². The quantitative estimate of drug-likeness (QED) is 0.698. The van der Waals surface area contributed by atoms with Gasteiger partial charge in [-0.2, -0.15) is 4.98 Å². The fourth-order valence-corrected chi connectivity index (χ4v) is 1.20. The second-order valence-corrected chi connectivity index (χ2v) is 3.30. The van der Waals surface area contributed by atoms with E-state index >= 15 is 0 Å². The lowest BCUT2D eigenvalue weighted by Gasteiger charge is -2.03. The molecule has 0 spiro atoms. The van der Waals surface area contributed by atoms with Gasteiger partial charge in [0.05, 0.1) is 5.52 Å². The minimum Gasteiger partial charge on any atom is -0.492 e. The Labute approximate surface area is 75.7 Å². The van der Waals surface area contributed by atoms with Crippen molar-refractivity contribution < 1.29 is 5.11 Å². The zero-order valence-electron chi connectivity index (χ0n) is 7.57. The first-order chi connectivity index (χ1) is 6.18. The number of fused-ring (bicyclic) bond motifs is 1. The molecular formula is C9H11N3O. The van der Waals surface area contributed by atoms with Gasteiger partial charge < -0.3 is 10.1 Å². The number of rotatable bonds is 1. The predicted octanol–water partition coefficient (Wildman–Crippen LogP) is 1.79. The summed E-state index contributed by atoms with van der Waals surface area (Å²) in [5, 5.41) is 9.51. The number of aromatic amines is 1. The molecule has 2 heterocycles. The number of H-pyrrole nitrogens is 1. The van der Waals surface area contributed by atoms with E-state index in [0.717, 1.165) is 5.52 Å². The predicted molar refractivity (Wildman–Crippen MR) is 49.6 cm³/mol. The van der Waals surface area contributed by atoms with E-state index in [0.29, 0.717) is 11.3 Å². The van der Waals surface area contributed by atoms with Crippen molar-refractivity contribution in [2.45, 2.75) is 19.8 Å². The van der Waals surface area contributed by atoms with Crippen LogP contribution in [0.1, 0.15) is 25.6 Å². The highest BCUT2D eigenvalue weighted by Crippen LogP contribution is 2.21. The molecule has 13 heavy (non-hydrogen) atoms. The van der Waals surface area contributed by atoms with Crippen LogP contribution in [0.3, 0.4) is 0 Å². The van der Waals surface area contributed by atoms with E-state index in [1.54, 1.807) is 6.20 Å². The van der Waals surface area contributed by atoms with Gasteiger partial charge in [-0.1, -0.05) is 13.8 Å². The summed E-state index contributed by atoms with van der Waals surface area (Å²) in [4.78, 5) is 11.2. The molecule has 0 fully saturated rings. The Morgan fingerprint density at radius 1 is 1.38 bits per heavy atom. The second-order valence-electron chi connectivity index (χ2n) is 3.30. The van der Waals surface area contributed by atoms with Gasteiger partial charge in [0.2, 0.25) is 5.88 Å². The lowest BCUT2D eigenvalue weighted by atomic mass is 10.2. The van der Waals surface area contributed by atoms with E-state index in [1.165, 1.54) is 0 Å². The van der Waals surface area contributed by atoms with Crippen LogP contribution in [-0.4, -0.2) is 20.1 Å².